The number of hydrogen-bond donors (Lipinski definition) is 1. The molecular weight excluding hydrogens is 224 g/mol. The molecule has 98 valence electrons. The lowest BCUT2D eigenvalue weighted by molar-refractivity contribution is 0.121. The Kier molecular flexibility index (Phi) is 3.16. The molecule has 1 heterocycles. The molecule has 18 heavy (non-hydrogen) atoms. The Morgan fingerprint density at radius 3 is 2.39 bits per heavy atom. The molecule has 3 heteroatoms. The van der Waals surface area contributed by atoms with Crippen LogP contribution in [0.5, 0.6) is 0 Å². The summed E-state index contributed by atoms with van der Waals surface area (Å²) < 4.78 is 0. The first-order valence-corrected chi connectivity index (χ1v) is 7.00. The summed E-state index contributed by atoms with van der Waals surface area (Å²) in [5, 5.41) is 9.64. The highest BCUT2D eigenvalue weighted by Gasteiger charge is 2.29. The van der Waals surface area contributed by atoms with Crippen LogP contribution in [0.1, 0.15) is 25.7 Å². The summed E-state index contributed by atoms with van der Waals surface area (Å²) in [5.41, 5.74) is 2.71. The van der Waals surface area contributed by atoms with Crippen molar-refractivity contribution in [3.05, 3.63) is 24.3 Å². The van der Waals surface area contributed by atoms with Gasteiger partial charge in [0.1, 0.15) is 0 Å². The van der Waals surface area contributed by atoms with Gasteiger partial charge < -0.3 is 14.9 Å². The Labute approximate surface area is 109 Å². The fourth-order valence-corrected chi connectivity index (χ4v) is 3.28. The maximum atomic E-state index is 9.64. The van der Waals surface area contributed by atoms with Gasteiger partial charge in [0.25, 0.3) is 0 Å². The Bertz CT molecular complexity index is 413. The number of anilines is 2. The summed E-state index contributed by atoms with van der Waals surface area (Å²) in [7, 11) is 2.17. The minimum Gasteiger partial charge on any atom is -0.393 e. The molecule has 0 radical (unpaired) electrons. The van der Waals surface area contributed by atoms with Gasteiger partial charge in [0, 0.05) is 26.2 Å². The van der Waals surface area contributed by atoms with E-state index in [1.807, 2.05) is 0 Å². The molecule has 3 nitrogen and oxygen atoms in total. The third-order valence-electron chi connectivity index (χ3n) is 4.39. The molecule has 1 N–H and O–H groups in total. The van der Waals surface area contributed by atoms with E-state index in [-0.39, 0.29) is 6.10 Å². The van der Waals surface area contributed by atoms with E-state index in [9.17, 15) is 5.11 Å². The molecule has 1 aliphatic carbocycles. The third-order valence-corrected chi connectivity index (χ3v) is 4.39. The Morgan fingerprint density at radius 1 is 1.00 bits per heavy atom. The molecular formula is C15H22N2O. The zero-order valence-corrected chi connectivity index (χ0v) is 11.0. The zero-order valence-electron chi connectivity index (χ0n) is 11.0. The maximum absolute atomic E-state index is 9.64. The number of aliphatic hydroxyl groups is 1. The molecule has 0 bridgehead atoms. The van der Waals surface area contributed by atoms with E-state index in [0.717, 1.165) is 38.8 Å². The van der Waals surface area contributed by atoms with Gasteiger partial charge in [-0.3, -0.25) is 0 Å². The number of para-hydroxylation sites is 2. The number of benzene rings is 1. The lowest BCUT2D eigenvalue weighted by Crippen LogP contribution is -2.46. The molecule has 0 spiro atoms. The van der Waals surface area contributed by atoms with E-state index in [0.29, 0.717) is 6.04 Å². The number of likely N-dealkylation sites (N-methyl/N-ethyl adjacent to an activating group) is 1. The van der Waals surface area contributed by atoms with E-state index in [4.69, 9.17) is 0 Å². The lowest BCUT2D eigenvalue weighted by atomic mass is 9.91. The van der Waals surface area contributed by atoms with Crippen molar-refractivity contribution in [3.8, 4) is 0 Å². The minimum atomic E-state index is -0.0658. The van der Waals surface area contributed by atoms with Gasteiger partial charge in [-0.2, -0.15) is 0 Å². The zero-order chi connectivity index (χ0) is 12.5. The van der Waals surface area contributed by atoms with Crippen LogP contribution in [-0.2, 0) is 0 Å². The van der Waals surface area contributed by atoms with E-state index < -0.39 is 0 Å². The molecule has 0 saturated heterocycles. The van der Waals surface area contributed by atoms with Crippen molar-refractivity contribution in [1.29, 1.82) is 0 Å². The summed E-state index contributed by atoms with van der Waals surface area (Å²) in [5.74, 6) is 0. The summed E-state index contributed by atoms with van der Waals surface area (Å²) >= 11 is 0. The van der Waals surface area contributed by atoms with Crippen LogP contribution in [0.15, 0.2) is 24.3 Å². The maximum Gasteiger partial charge on any atom is 0.0607 e. The number of rotatable bonds is 1. The highest BCUT2D eigenvalue weighted by atomic mass is 16.3. The van der Waals surface area contributed by atoms with Crippen LogP contribution < -0.4 is 9.80 Å². The summed E-state index contributed by atoms with van der Waals surface area (Å²) in [6.07, 6.45) is 4.10. The van der Waals surface area contributed by atoms with Crippen molar-refractivity contribution >= 4 is 11.4 Å². The van der Waals surface area contributed by atoms with Crippen LogP contribution in [0.25, 0.3) is 0 Å². The monoisotopic (exact) mass is 246 g/mol. The molecule has 1 aromatic carbocycles. The number of nitrogens with zero attached hydrogens (tertiary/aromatic N) is 2. The van der Waals surface area contributed by atoms with E-state index >= 15 is 0 Å². The third kappa shape index (κ3) is 2.07. The van der Waals surface area contributed by atoms with Crippen LogP contribution in [0.4, 0.5) is 11.4 Å². The second-order valence-corrected chi connectivity index (χ2v) is 5.57. The van der Waals surface area contributed by atoms with Crippen LogP contribution in [0.2, 0.25) is 0 Å². The second-order valence-electron chi connectivity index (χ2n) is 5.57. The number of hydrogen-bond acceptors (Lipinski definition) is 3. The average molecular weight is 246 g/mol. The van der Waals surface area contributed by atoms with Crippen LogP contribution in [0, 0.1) is 0 Å². The number of fused-ring (bicyclic) bond motifs is 1. The van der Waals surface area contributed by atoms with Crippen molar-refractivity contribution in [1.82, 2.24) is 0 Å². The van der Waals surface area contributed by atoms with E-state index in [2.05, 4.69) is 41.1 Å². The van der Waals surface area contributed by atoms with Crippen LogP contribution in [0.3, 0.4) is 0 Å². The first-order valence-electron chi connectivity index (χ1n) is 7.00. The van der Waals surface area contributed by atoms with Crippen LogP contribution in [-0.4, -0.2) is 37.4 Å². The van der Waals surface area contributed by atoms with Crippen molar-refractivity contribution in [2.75, 3.05) is 29.9 Å². The van der Waals surface area contributed by atoms with E-state index in [1.54, 1.807) is 0 Å². The SMILES string of the molecule is CN1CCN(C2CCC(O)CC2)c2ccccc21. The molecule has 1 fully saturated rings. The number of aliphatic hydroxyl groups excluding tert-OH is 1. The van der Waals surface area contributed by atoms with Gasteiger partial charge in [-0.15, -0.1) is 0 Å². The summed E-state index contributed by atoms with van der Waals surface area (Å²) in [4.78, 5) is 4.89. The molecule has 1 aliphatic heterocycles. The van der Waals surface area contributed by atoms with E-state index in [1.165, 1.54) is 11.4 Å². The Balaban J connectivity index is 1.84. The van der Waals surface area contributed by atoms with Gasteiger partial charge >= 0.3 is 0 Å². The second kappa shape index (κ2) is 4.81. The first kappa shape index (κ1) is 11.8. The largest absolute Gasteiger partial charge is 0.393 e. The van der Waals surface area contributed by atoms with Crippen molar-refractivity contribution in [2.45, 2.75) is 37.8 Å². The molecule has 0 unspecified atom stereocenters. The fraction of sp³-hybridized carbons (Fsp3) is 0.600. The minimum absolute atomic E-state index is 0.0658. The Morgan fingerprint density at radius 2 is 1.67 bits per heavy atom. The quantitative estimate of drug-likeness (QED) is 0.823. The predicted molar refractivity (Wildman–Crippen MR) is 75.3 cm³/mol. The Hall–Kier alpha value is -1.22. The first-order chi connectivity index (χ1) is 8.75. The van der Waals surface area contributed by atoms with Gasteiger partial charge in [0.15, 0.2) is 0 Å². The van der Waals surface area contributed by atoms with Crippen molar-refractivity contribution in [3.63, 3.8) is 0 Å². The standard InChI is InChI=1S/C15H22N2O/c1-16-10-11-17(12-6-8-13(18)9-7-12)15-5-3-2-4-14(15)16/h2-5,12-13,18H,6-11H2,1H3. The summed E-state index contributed by atoms with van der Waals surface area (Å²) in [6.45, 7) is 2.20. The van der Waals surface area contributed by atoms with Gasteiger partial charge in [0.05, 0.1) is 17.5 Å². The molecule has 2 aliphatic rings. The smallest absolute Gasteiger partial charge is 0.0607 e. The summed E-state index contributed by atoms with van der Waals surface area (Å²) in [6, 6.07) is 9.30. The van der Waals surface area contributed by atoms with Crippen molar-refractivity contribution in [2.24, 2.45) is 0 Å². The highest BCUT2D eigenvalue weighted by molar-refractivity contribution is 5.73. The lowest BCUT2D eigenvalue weighted by Gasteiger charge is -2.43. The van der Waals surface area contributed by atoms with Gasteiger partial charge in [-0.1, -0.05) is 12.1 Å². The van der Waals surface area contributed by atoms with Crippen molar-refractivity contribution < 1.29 is 5.11 Å². The van der Waals surface area contributed by atoms with Gasteiger partial charge in [0.2, 0.25) is 0 Å². The topological polar surface area (TPSA) is 26.7 Å². The highest BCUT2D eigenvalue weighted by Crippen LogP contribution is 2.36. The van der Waals surface area contributed by atoms with Gasteiger partial charge in [-0.25, -0.2) is 0 Å². The predicted octanol–water partition coefficient (Wildman–Crippen LogP) is 2.25. The molecule has 0 atom stereocenters. The fourth-order valence-electron chi connectivity index (χ4n) is 3.28. The molecule has 3 rings (SSSR count). The molecule has 1 saturated carbocycles. The normalized spacial score (nSPS) is 28.1. The molecule has 0 aromatic heterocycles. The average Bonchev–Trinajstić information content (AvgIpc) is 2.41. The molecule has 1 aromatic rings. The molecule has 0 amide bonds. The van der Waals surface area contributed by atoms with Crippen LogP contribution >= 0.6 is 0 Å². The van der Waals surface area contributed by atoms with Gasteiger partial charge in [-0.05, 0) is 37.8 Å².